The second kappa shape index (κ2) is 6.71. The van der Waals surface area contributed by atoms with E-state index in [0.29, 0.717) is 6.04 Å². The fraction of sp³-hybridized carbons (Fsp3) is 0.471. The van der Waals surface area contributed by atoms with Crippen LogP contribution in [0.15, 0.2) is 30.6 Å². The monoisotopic (exact) mass is 271 g/mol. The lowest BCUT2D eigenvalue weighted by atomic mass is 9.92. The van der Waals surface area contributed by atoms with Gasteiger partial charge in [0.25, 0.3) is 0 Å². The van der Waals surface area contributed by atoms with Crippen molar-refractivity contribution in [1.29, 1.82) is 0 Å². The molecule has 108 valence electrons. The van der Waals surface area contributed by atoms with Crippen LogP contribution in [0.5, 0.6) is 0 Å². The highest BCUT2D eigenvalue weighted by atomic mass is 15.2. The first-order valence-electron chi connectivity index (χ1n) is 7.38. The summed E-state index contributed by atoms with van der Waals surface area (Å²) in [6.07, 6.45) is 6.23. The third-order valence-corrected chi connectivity index (χ3v) is 3.82. The molecule has 1 aromatic carbocycles. The molecule has 0 aliphatic rings. The normalized spacial score (nSPS) is 12.6. The summed E-state index contributed by atoms with van der Waals surface area (Å²) in [4.78, 5) is 0. The molecule has 20 heavy (non-hydrogen) atoms. The van der Waals surface area contributed by atoms with E-state index in [1.54, 1.807) is 0 Å². The van der Waals surface area contributed by atoms with Gasteiger partial charge in [0.15, 0.2) is 0 Å². The van der Waals surface area contributed by atoms with Gasteiger partial charge >= 0.3 is 0 Å². The molecule has 1 N–H and O–H groups in total. The number of hydrogen-bond acceptors (Lipinski definition) is 2. The van der Waals surface area contributed by atoms with Gasteiger partial charge in [-0.15, -0.1) is 0 Å². The number of rotatable bonds is 6. The van der Waals surface area contributed by atoms with Crippen molar-refractivity contribution in [1.82, 2.24) is 15.1 Å². The third-order valence-electron chi connectivity index (χ3n) is 3.82. The Labute approximate surface area is 122 Å². The van der Waals surface area contributed by atoms with E-state index >= 15 is 0 Å². The van der Waals surface area contributed by atoms with Crippen LogP contribution in [-0.4, -0.2) is 16.3 Å². The van der Waals surface area contributed by atoms with Gasteiger partial charge in [0.05, 0.1) is 6.20 Å². The first-order valence-corrected chi connectivity index (χ1v) is 7.38. The number of aryl methyl sites for hydroxylation is 4. The van der Waals surface area contributed by atoms with Gasteiger partial charge in [-0.25, -0.2) is 0 Å². The summed E-state index contributed by atoms with van der Waals surface area (Å²) in [5.41, 5.74) is 5.52. The van der Waals surface area contributed by atoms with Crippen LogP contribution in [0.3, 0.4) is 0 Å². The molecule has 0 aliphatic heterocycles. The molecule has 1 heterocycles. The first-order chi connectivity index (χ1) is 9.61. The van der Waals surface area contributed by atoms with Gasteiger partial charge in [-0.3, -0.25) is 4.68 Å². The Morgan fingerprint density at radius 3 is 2.50 bits per heavy atom. The van der Waals surface area contributed by atoms with Gasteiger partial charge in [0.2, 0.25) is 0 Å². The molecule has 0 spiro atoms. The van der Waals surface area contributed by atoms with E-state index in [1.807, 2.05) is 17.9 Å². The summed E-state index contributed by atoms with van der Waals surface area (Å²) >= 11 is 0. The largest absolute Gasteiger partial charge is 0.310 e. The van der Waals surface area contributed by atoms with E-state index in [-0.39, 0.29) is 0 Å². The summed E-state index contributed by atoms with van der Waals surface area (Å²) in [7, 11) is 1.97. The molecular weight excluding hydrogens is 246 g/mol. The number of benzene rings is 1. The number of aromatic nitrogens is 2. The minimum absolute atomic E-state index is 0.418. The highest BCUT2D eigenvalue weighted by Gasteiger charge is 2.15. The van der Waals surface area contributed by atoms with Gasteiger partial charge in [-0.2, -0.15) is 5.10 Å². The molecule has 0 fully saturated rings. The maximum Gasteiger partial charge on any atom is 0.0521 e. The highest BCUT2D eigenvalue weighted by molar-refractivity contribution is 5.36. The summed E-state index contributed by atoms with van der Waals surface area (Å²) in [6.45, 7) is 7.57. The molecular formula is C17H25N3. The molecule has 2 aromatic rings. The van der Waals surface area contributed by atoms with E-state index in [4.69, 9.17) is 0 Å². The van der Waals surface area contributed by atoms with Crippen molar-refractivity contribution < 1.29 is 0 Å². The Balaban J connectivity index is 2.14. The van der Waals surface area contributed by atoms with Crippen molar-refractivity contribution in [2.45, 2.75) is 39.7 Å². The predicted molar refractivity (Wildman–Crippen MR) is 83.9 cm³/mol. The quantitative estimate of drug-likeness (QED) is 0.873. The molecule has 0 saturated heterocycles. The zero-order valence-electron chi connectivity index (χ0n) is 13.0. The van der Waals surface area contributed by atoms with Gasteiger partial charge in [0.1, 0.15) is 0 Å². The van der Waals surface area contributed by atoms with Gasteiger partial charge in [-0.05, 0) is 55.5 Å². The van der Waals surface area contributed by atoms with Gasteiger partial charge in [-0.1, -0.05) is 25.1 Å². The molecule has 1 atom stereocenters. The predicted octanol–water partition coefficient (Wildman–Crippen LogP) is 3.32. The molecule has 0 aliphatic carbocycles. The second-order valence-electron chi connectivity index (χ2n) is 5.48. The molecule has 3 heteroatoms. The van der Waals surface area contributed by atoms with Crippen LogP contribution in [0.4, 0.5) is 0 Å². The fourth-order valence-electron chi connectivity index (χ4n) is 2.88. The lowest BCUT2D eigenvalue weighted by Gasteiger charge is -2.22. The fourth-order valence-corrected chi connectivity index (χ4v) is 2.88. The van der Waals surface area contributed by atoms with E-state index in [1.165, 1.54) is 22.3 Å². The van der Waals surface area contributed by atoms with Crippen molar-refractivity contribution in [3.05, 3.63) is 52.8 Å². The van der Waals surface area contributed by atoms with E-state index < -0.39 is 0 Å². The van der Waals surface area contributed by atoms with Crippen molar-refractivity contribution in [2.75, 3.05) is 6.54 Å². The van der Waals surface area contributed by atoms with E-state index in [2.05, 4.69) is 55.6 Å². The molecule has 0 radical (unpaired) electrons. The highest BCUT2D eigenvalue weighted by Crippen LogP contribution is 2.25. The average molecular weight is 271 g/mol. The van der Waals surface area contributed by atoms with Crippen LogP contribution in [0, 0.1) is 13.8 Å². The standard InChI is InChI=1S/C17H25N3/c1-5-18-16(10-9-15-11-19-20(4)12-15)17-13(2)7-6-8-14(17)3/h6-8,11-12,16,18H,5,9-10H2,1-4H3. The van der Waals surface area contributed by atoms with Crippen LogP contribution in [0.25, 0.3) is 0 Å². The summed E-state index contributed by atoms with van der Waals surface area (Å²) < 4.78 is 1.87. The van der Waals surface area contributed by atoms with Crippen LogP contribution in [-0.2, 0) is 13.5 Å². The molecule has 0 saturated carbocycles. The number of hydrogen-bond donors (Lipinski definition) is 1. The maximum atomic E-state index is 4.24. The SMILES string of the molecule is CCNC(CCc1cnn(C)c1)c1c(C)cccc1C. The zero-order chi connectivity index (χ0) is 14.5. The Morgan fingerprint density at radius 2 is 1.95 bits per heavy atom. The van der Waals surface area contributed by atoms with Gasteiger partial charge < -0.3 is 5.32 Å². The van der Waals surface area contributed by atoms with E-state index in [0.717, 1.165) is 19.4 Å². The van der Waals surface area contributed by atoms with Crippen molar-refractivity contribution in [3.8, 4) is 0 Å². The number of nitrogens with one attached hydrogen (secondary N) is 1. The van der Waals surface area contributed by atoms with E-state index in [9.17, 15) is 0 Å². The van der Waals surface area contributed by atoms with Crippen LogP contribution >= 0.6 is 0 Å². The molecule has 0 amide bonds. The Kier molecular flexibility index (Phi) is 4.96. The third kappa shape index (κ3) is 3.48. The second-order valence-corrected chi connectivity index (χ2v) is 5.48. The molecule has 1 aromatic heterocycles. The Hall–Kier alpha value is -1.61. The average Bonchev–Trinajstić information content (AvgIpc) is 2.81. The summed E-state index contributed by atoms with van der Waals surface area (Å²) in [5.74, 6) is 0. The molecule has 3 nitrogen and oxygen atoms in total. The minimum Gasteiger partial charge on any atom is -0.310 e. The zero-order valence-corrected chi connectivity index (χ0v) is 13.0. The van der Waals surface area contributed by atoms with Crippen LogP contribution < -0.4 is 5.32 Å². The molecule has 1 unspecified atom stereocenters. The molecule has 2 rings (SSSR count). The molecule has 0 bridgehead atoms. The maximum absolute atomic E-state index is 4.24. The Bertz CT molecular complexity index is 537. The summed E-state index contributed by atoms with van der Waals surface area (Å²) in [6, 6.07) is 6.97. The van der Waals surface area contributed by atoms with Gasteiger partial charge in [0, 0.05) is 19.3 Å². The number of nitrogens with zero attached hydrogens (tertiary/aromatic N) is 2. The lowest BCUT2D eigenvalue weighted by Crippen LogP contribution is -2.23. The van der Waals surface area contributed by atoms with Crippen molar-refractivity contribution in [3.63, 3.8) is 0 Å². The van der Waals surface area contributed by atoms with Crippen molar-refractivity contribution in [2.24, 2.45) is 7.05 Å². The smallest absolute Gasteiger partial charge is 0.0521 e. The first kappa shape index (κ1) is 14.8. The van der Waals surface area contributed by atoms with Crippen LogP contribution in [0.1, 0.15) is 41.6 Å². The summed E-state index contributed by atoms with van der Waals surface area (Å²) in [5, 5.41) is 7.88. The topological polar surface area (TPSA) is 29.9 Å². The van der Waals surface area contributed by atoms with Crippen molar-refractivity contribution >= 4 is 0 Å². The lowest BCUT2D eigenvalue weighted by molar-refractivity contribution is 0.511. The Morgan fingerprint density at radius 1 is 1.25 bits per heavy atom. The minimum atomic E-state index is 0.418. The van der Waals surface area contributed by atoms with Crippen LogP contribution in [0.2, 0.25) is 0 Å².